The van der Waals surface area contributed by atoms with Gasteiger partial charge in [0.1, 0.15) is 0 Å². The standard InChI is InChI=1S/C10H13NO3/c1-8(2)14-10(12)11(13)9-6-4-3-5-7-9/h3-8,13H,1-2H3. The number of ether oxygens (including phenoxy) is 1. The maximum atomic E-state index is 11.2. The highest BCUT2D eigenvalue weighted by Gasteiger charge is 2.15. The SMILES string of the molecule is CC(C)OC(=O)N(O)c1ccccc1. The number of hydrogen-bond donors (Lipinski definition) is 1. The molecular formula is C10H13NO3. The summed E-state index contributed by atoms with van der Waals surface area (Å²) in [5.74, 6) is 0. The van der Waals surface area contributed by atoms with Gasteiger partial charge in [0.15, 0.2) is 0 Å². The van der Waals surface area contributed by atoms with Crippen molar-refractivity contribution >= 4 is 11.8 Å². The van der Waals surface area contributed by atoms with E-state index in [4.69, 9.17) is 4.74 Å². The number of amides is 1. The van der Waals surface area contributed by atoms with Crippen LogP contribution in [0.5, 0.6) is 0 Å². The van der Waals surface area contributed by atoms with Crippen LogP contribution in [0.2, 0.25) is 0 Å². The molecule has 4 nitrogen and oxygen atoms in total. The second kappa shape index (κ2) is 4.62. The predicted molar refractivity (Wildman–Crippen MR) is 52.3 cm³/mol. The van der Waals surface area contributed by atoms with E-state index >= 15 is 0 Å². The number of anilines is 1. The Morgan fingerprint density at radius 1 is 1.36 bits per heavy atom. The average Bonchev–Trinajstić information content (AvgIpc) is 2.17. The Balaban J connectivity index is 2.66. The fraction of sp³-hybridized carbons (Fsp3) is 0.300. The van der Waals surface area contributed by atoms with E-state index < -0.39 is 6.09 Å². The monoisotopic (exact) mass is 195 g/mol. The molecule has 0 saturated carbocycles. The molecule has 0 atom stereocenters. The van der Waals surface area contributed by atoms with Crippen molar-refractivity contribution < 1.29 is 14.7 Å². The van der Waals surface area contributed by atoms with E-state index in [1.807, 2.05) is 0 Å². The zero-order valence-electron chi connectivity index (χ0n) is 8.18. The Morgan fingerprint density at radius 3 is 2.43 bits per heavy atom. The van der Waals surface area contributed by atoms with Crippen LogP contribution >= 0.6 is 0 Å². The molecule has 0 unspecified atom stereocenters. The molecule has 0 fully saturated rings. The van der Waals surface area contributed by atoms with Gasteiger partial charge in [-0.3, -0.25) is 5.21 Å². The van der Waals surface area contributed by atoms with Crippen molar-refractivity contribution in [2.24, 2.45) is 0 Å². The number of nitrogens with zero attached hydrogens (tertiary/aromatic N) is 1. The number of carbonyl (C=O) groups excluding carboxylic acids is 1. The highest BCUT2D eigenvalue weighted by molar-refractivity contribution is 5.84. The number of para-hydroxylation sites is 1. The van der Waals surface area contributed by atoms with Gasteiger partial charge in [-0.1, -0.05) is 18.2 Å². The first-order valence-electron chi connectivity index (χ1n) is 4.36. The summed E-state index contributed by atoms with van der Waals surface area (Å²) >= 11 is 0. The molecule has 0 radical (unpaired) electrons. The van der Waals surface area contributed by atoms with Crippen molar-refractivity contribution in [3.8, 4) is 0 Å². The first-order chi connectivity index (χ1) is 6.61. The van der Waals surface area contributed by atoms with Gasteiger partial charge in [-0.05, 0) is 26.0 Å². The molecule has 0 aromatic heterocycles. The van der Waals surface area contributed by atoms with E-state index in [9.17, 15) is 10.0 Å². The minimum atomic E-state index is -0.772. The summed E-state index contributed by atoms with van der Waals surface area (Å²) in [7, 11) is 0. The Kier molecular flexibility index (Phi) is 3.48. The molecule has 76 valence electrons. The van der Waals surface area contributed by atoms with Crippen LogP contribution in [0.4, 0.5) is 10.5 Å². The van der Waals surface area contributed by atoms with E-state index in [1.54, 1.807) is 44.2 Å². The highest BCUT2D eigenvalue weighted by atomic mass is 16.6. The molecular weight excluding hydrogens is 182 g/mol. The predicted octanol–water partition coefficient (Wildman–Crippen LogP) is 2.43. The Morgan fingerprint density at radius 2 is 1.93 bits per heavy atom. The van der Waals surface area contributed by atoms with Crippen LogP contribution in [0.15, 0.2) is 30.3 Å². The number of hydroxylamine groups is 1. The first-order valence-corrected chi connectivity index (χ1v) is 4.36. The third-order valence-corrected chi connectivity index (χ3v) is 1.51. The zero-order chi connectivity index (χ0) is 10.6. The molecule has 0 saturated heterocycles. The molecule has 0 aliphatic rings. The molecule has 4 heteroatoms. The van der Waals surface area contributed by atoms with Gasteiger partial charge in [-0.2, -0.15) is 5.06 Å². The van der Waals surface area contributed by atoms with Crippen molar-refractivity contribution in [2.45, 2.75) is 20.0 Å². The summed E-state index contributed by atoms with van der Waals surface area (Å²) in [5.41, 5.74) is 0.387. The summed E-state index contributed by atoms with van der Waals surface area (Å²) in [6.07, 6.45) is -1.02. The van der Waals surface area contributed by atoms with Gasteiger partial charge in [0, 0.05) is 0 Å². The normalized spacial score (nSPS) is 10.0. The molecule has 0 spiro atoms. The maximum Gasteiger partial charge on any atom is 0.438 e. The maximum absolute atomic E-state index is 11.2. The molecule has 0 bridgehead atoms. The molecule has 0 heterocycles. The lowest BCUT2D eigenvalue weighted by molar-refractivity contribution is 0.0948. The second-order valence-electron chi connectivity index (χ2n) is 3.08. The minimum absolute atomic E-state index is 0.249. The van der Waals surface area contributed by atoms with Crippen LogP contribution in [-0.2, 0) is 4.74 Å². The lowest BCUT2D eigenvalue weighted by Gasteiger charge is -2.16. The van der Waals surface area contributed by atoms with E-state index in [0.29, 0.717) is 10.8 Å². The van der Waals surface area contributed by atoms with E-state index in [0.717, 1.165) is 0 Å². The second-order valence-corrected chi connectivity index (χ2v) is 3.08. The van der Waals surface area contributed by atoms with Gasteiger partial charge < -0.3 is 4.74 Å². The fourth-order valence-electron chi connectivity index (χ4n) is 0.926. The summed E-state index contributed by atoms with van der Waals surface area (Å²) in [6, 6.07) is 8.47. The third-order valence-electron chi connectivity index (χ3n) is 1.51. The molecule has 1 rings (SSSR count). The van der Waals surface area contributed by atoms with Crippen LogP contribution < -0.4 is 5.06 Å². The van der Waals surface area contributed by atoms with Gasteiger partial charge >= 0.3 is 6.09 Å². The lowest BCUT2D eigenvalue weighted by Crippen LogP contribution is -2.29. The van der Waals surface area contributed by atoms with Gasteiger partial charge in [0.2, 0.25) is 0 Å². The number of hydrogen-bond acceptors (Lipinski definition) is 3. The summed E-state index contributed by atoms with van der Waals surface area (Å²) in [6.45, 7) is 3.44. The topological polar surface area (TPSA) is 49.8 Å². The van der Waals surface area contributed by atoms with Crippen molar-refractivity contribution in [3.63, 3.8) is 0 Å². The average molecular weight is 195 g/mol. The van der Waals surface area contributed by atoms with E-state index in [1.165, 1.54) is 0 Å². The largest absolute Gasteiger partial charge is 0.445 e. The van der Waals surface area contributed by atoms with Gasteiger partial charge in [-0.15, -0.1) is 0 Å². The van der Waals surface area contributed by atoms with Crippen LogP contribution in [0, 0.1) is 0 Å². The van der Waals surface area contributed by atoms with Gasteiger partial charge in [0.25, 0.3) is 0 Å². The Hall–Kier alpha value is -1.55. The van der Waals surface area contributed by atoms with Crippen molar-refractivity contribution in [2.75, 3.05) is 5.06 Å². The molecule has 1 amide bonds. The molecule has 0 aliphatic carbocycles. The van der Waals surface area contributed by atoms with Crippen molar-refractivity contribution in [1.82, 2.24) is 0 Å². The molecule has 1 N–H and O–H groups in total. The summed E-state index contributed by atoms with van der Waals surface area (Å²) in [4.78, 5) is 11.2. The van der Waals surface area contributed by atoms with Crippen LogP contribution in [0.25, 0.3) is 0 Å². The third kappa shape index (κ3) is 2.74. The molecule has 1 aromatic carbocycles. The quantitative estimate of drug-likeness (QED) is 0.582. The van der Waals surface area contributed by atoms with Gasteiger partial charge in [0.05, 0.1) is 11.8 Å². The minimum Gasteiger partial charge on any atom is -0.445 e. The first kappa shape index (κ1) is 10.5. The number of benzene rings is 1. The summed E-state index contributed by atoms with van der Waals surface area (Å²) in [5, 5.41) is 9.88. The van der Waals surface area contributed by atoms with Gasteiger partial charge in [-0.25, -0.2) is 4.79 Å². The van der Waals surface area contributed by atoms with Crippen LogP contribution in [0.1, 0.15) is 13.8 Å². The van der Waals surface area contributed by atoms with E-state index in [2.05, 4.69) is 0 Å². The van der Waals surface area contributed by atoms with Crippen LogP contribution in [0.3, 0.4) is 0 Å². The number of carbonyl (C=O) groups is 1. The smallest absolute Gasteiger partial charge is 0.438 e. The fourth-order valence-corrected chi connectivity index (χ4v) is 0.926. The number of rotatable bonds is 2. The highest BCUT2D eigenvalue weighted by Crippen LogP contribution is 2.12. The van der Waals surface area contributed by atoms with Crippen molar-refractivity contribution in [3.05, 3.63) is 30.3 Å². The lowest BCUT2D eigenvalue weighted by atomic mass is 10.3. The summed E-state index contributed by atoms with van der Waals surface area (Å²) < 4.78 is 4.80. The Bertz CT molecular complexity index is 297. The Labute approximate surface area is 82.7 Å². The van der Waals surface area contributed by atoms with Crippen LogP contribution in [-0.4, -0.2) is 17.4 Å². The molecule has 14 heavy (non-hydrogen) atoms. The molecule has 0 aliphatic heterocycles. The van der Waals surface area contributed by atoms with E-state index in [-0.39, 0.29) is 6.10 Å². The van der Waals surface area contributed by atoms with Crippen molar-refractivity contribution in [1.29, 1.82) is 0 Å². The zero-order valence-corrected chi connectivity index (χ0v) is 8.18. The molecule has 1 aromatic rings.